The molecule has 1 aliphatic rings. The summed E-state index contributed by atoms with van der Waals surface area (Å²) in [6, 6.07) is 15.1. The third-order valence-electron chi connectivity index (χ3n) is 4.82. The summed E-state index contributed by atoms with van der Waals surface area (Å²) < 4.78 is 0. The molecule has 0 unspecified atom stereocenters. The van der Waals surface area contributed by atoms with Gasteiger partial charge in [0.2, 0.25) is 5.91 Å². The first kappa shape index (κ1) is 22.7. The van der Waals surface area contributed by atoms with Gasteiger partial charge in [-0.2, -0.15) is 0 Å². The minimum absolute atomic E-state index is 0. The van der Waals surface area contributed by atoms with Gasteiger partial charge in [0.05, 0.1) is 0 Å². The molecule has 0 atom stereocenters. The van der Waals surface area contributed by atoms with Gasteiger partial charge in [0.1, 0.15) is 0 Å². The van der Waals surface area contributed by atoms with Crippen molar-refractivity contribution in [2.45, 2.75) is 19.4 Å². The molecule has 0 aliphatic carbocycles. The zero-order valence-electron chi connectivity index (χ0n) is 15.3. The van der Waals surface area contributed by atoms with E-state index >= 15 is 0 Å². The van der Waals surface area contributed by atoms with Crippen LogP contribution in [0.25, 0.3) is 10.8 Å². The maximum Gasteiger partial charge on any atom is 0.222 e. The Morgan fingerprint density at radius 3 is 2.42 bits per heavy atom. The Kier molecular flexibility index (Phi) is 9.96. The highest BCUT2D eigenvalue weighted by Gasteiger charge is 2.20. The second kappa shape index (κ2) is 11.4. The lowest BCUT2D eigenvalue weighted by molar-refractivity contribution is -0.133. The summed E-state index contributed by atoms with van der Waals surface area (Å²) in [5, 5.41) is 5.73. The van der Waals surface area contributed by atoms with Gasteiger partial charge in [0.15, 0.2) is 0 Å². The number of carbonyl (C=O) groups excluding carboxylic acids is 1. The van der Waals surface area contributed by atoms with Gasteiger partial charge in [-0.1, -0.05) is 42.5 Å². The Morgan fingerprint density at radius 1 is 1.00 bits per heavy atom. The third-order valence-corrected chi connectivity index (χ3v) is 4.82. The first-order valence-electron chi connectivity index (χ1n) is 8.89. The lowest BCUT2D eigenvalue weighted by Crippen LogP contribution is -2.48. The SMILES string of the molecule is CNCCCC(=O)N1CCN(Cc2cccc3ccccc23)CC1.Cl.Cl. The Bertz CT molecular complexity index is 682. The van der Waals surface area contributed by atoms with Crippen molar-refractivity contribution in [2.24, 2.45) is 0 Å². The van der Waals surface area contributed by atoms with E-state index in [1.165, 1.54) is 16.3 Å². The molecule has 0 spiro atoms. The van der Waals surface area contributed by atoms with Crippen LogP contribution < -0.4 is 5.32 Å². The third kappa shape index (κ3) is 5.85. The van der Waals surface area contributed by atoms with E-state index in [1.54, 1.807) is 0 Å². The molecule has 0 radical (unpaired) electrons. The molecule has 1 fully saturated rings. The van der Waals surface area contributed by atoms with E-state index in [0.29, 0.717) is 12.3 Å². The number of benzene rings is 2. The number of carbonyl (C=O) groups is 1. The number of hydrogen-bond donors (Lipinski definition) is 1. The minimum atomic E-state index is 0. The predicted molar refractivity (Wildman–Crippen MR) is 113 cm³/mol. The summed E-state index contributed by atoms with van der Waals surface area (Å²) in [6.07, 6.45) is 1.58. The molecule has 144 valence electrons. The summed E-state index contributed by atoms with van der Waals surface area (Å²) >= 11 is 0. The quantitative estimate of drug-likeness (QED) is 0.759. The fraction of sp³-hybridized carbons (Fsp3) is 0.450. The molecule has 3 rings (SSSR count). The Morgan fingerprint density at radius 2 is 1.69 bits per heavy atom. The van der Waals surface area contributed by atoms with Gasteiger partial charge >= 0.3 is 0 Å². The minimum Gasteiger partial charge on any atom is -0.340 e. The zero-order valence-corrected chi connectivity index (χ0v) is 17.0. The van der Waals surface area contributed by atoms with Gasteiger partial charge in [-0.3, -0.25) is 9.69 Å². The van der Waals surface area contributed by atoms with Crippen molar-refractivity contribution in [3.8, 4) is 0 Å². The van der Waals surface area contributed by atoms with E-state index in [9.17, 15) is 4.79 Å². The molecule has 1 heterocycles. The van der Waals surface area contributed by atoms with Crippen LogP contribution in [0.15, 0.2) is 42.5 Å². The summed E-state index contributed by atoms with van der Waals surface area (Å²) in [5.74, 6) is 0.301. The molecular weight excluding hydrogens is 369 g/mol. The van der Waals surface area contributed by atoms with E-state index in [-0.39, 0.29) is 24.8 Å². The highest BCUT2D eigenvalue weighted by Crippen LogP contribution is 2.20. The van der Waals surface area contributed by atoms with Crippen molar-refractivity contribution >= 4 is 41.5 Å². The molecule has 1 aliphatic heterocycles. The van der Waals surface area contributed by atoms with Crippen molar-refractivity contribution in [3.63, 3.8) is 0 Å². The Balaban J connectivity index is 0.00000169. The smallest absolute Gasteiger partial charge is 0.222 e. The maximum absolute atomic E-state index is 12.2. The van der Waals surface area contributed by atoms with Gasteiger partial charge < -0.3 is 10.2 Å². The molecule has 4 nitrogen and oxygen atoms in total. The van der Waals surface area contributed by atoms with E-state index in [1.807, 2.05) is 11.9 Å². The number of fused-ring (bicyclic) bond motifs is 1. The summed E-state index contributed by atoms with van der Waals surface area (Å²) in [4.78, 5) is 16.7. The molecule has 0 bridgehead atoms. The number of piperazine rings is 1. The zero-order chi connectivity index (χ0) is 16.8. The number of hydrogen-bond acceptors (Lipinski definition) is 3. The van der Waals surface area contributed by atoms with Gasteiger partial charge in [-0.05, 0) is 36.3 Å². The lowest BCUT2D eigenvalue weighted by Gasteiger charge is -2.35. The van der Waals surface area contributed by atoms with Crippen LogP contribution in [0, 0.1) is 0 Å². The average Bonchev–Trinajstić information content (AvgIpc) is 2.63. The normalized spacial score (nSPS) is 14.6. The average molecular weight is 398 g/mol. The first-order chi connectivity index (χ1) is 11.8. The number of nitrogens with one attached hydrogen (secondary N) is 1. The highest BCUT2D eigenvalue weighted by atomic mass is 35.5. The van der Waals surface area contributed by atoms with Crippen LogP contribution in [-0.4, -0.2) is 55.5 Å². The van der Waals surface area contributed by atoms with Crippen LogP contribution >= 0.6 is 24.8 Å². The van der Waals surface area contributed by atoms with Crippen molar-refractivity contribution in [3.05, 3.63) is 48.0 Å². The van der Waals surface area contributed by atoms with Crippen molar-refractivity contribution in [1.29, 1.82) is 0 Å². The highest BCUT2D eigenvalue weighted by molar-refractivity contribution is 5.86. The lowest BCUT2D eigenvalue weighted by atomic mass is 10.0. The molecular formula is C20H29Cl2N3O. The maximum atomic E-state index is 12.2. The second-order valence-electron chi connectivity index (χ2n) is 6.50. The summed E-state index contributed by atoms with van der Waals surface area (Å²) in [7, 11) is 1.93. The van der Waals surface area contributed by atoms with Crippen LogP contribution in [-0.2, 0) is 11.3 Å². The number of rotatable bonds is 6. The molecule has 2 aromatic rings. The summed E-state index contributed by atoms with van der Waals surface area (Å²) in [6.45, 7) is 5.49. The van der Waals surface area contributed by atoms with E-state index in [0.717, 1.165) is 45.7 Å². The number of nitrogens with zero attached hydrogens (tertiary/aromatic N) is 2. The Hall–Kier alpha value is -1.33. The molecule has 1 amide bonds. The molecule has 2 aromatic carbocycles. The van der Waals surface area contributed by atoms with Crippen LogP contribution in [0.1, 0.15) is 18.4 Å². The molecule has 1 N–H and O–H groups in total. The monoisotopic (exact) mass is 397 g/mol. The van der Waals surface area contributed by atoms with Crippen LogP contribution in [0.2, 0.25) is 0 Å². The predicted octanol–water partition coefficient (Wildman–Crippen LogP) is 3.33. The van der Waals surface area contributed by atoms with Crippen molar-refractivity contribution < 1.29 is 4.79 Å². The standard InChI is InChI=1S/C20H27N3O.2ClH/c1-21-11-5-10-20(24)23-14-12-22(13-15-23)16-18-8-4-7-17-6-2-3-9-19(17)18;;/h2-4,6-9,21H,5,10-16H2,1H3;2*1H. The van der Waals surface area contributed by atoms with E-state index in [2.05, 4.69) is 52.7 Å². The largest absolute Gasteiger partial charge is 0.340 e. The van der Waals surface area contributed by atoms with E-state index < -0.39 is 0 Å². The van der Waals surface area contributed by atoms with Crippen molar-refractivity contribution in [2.75, 3.05) is 39.8 Å². The van der Waals surface area contributed by atoms with Crippen molar-refractivity contribution in [1.82, 2.24) is 15.1 Å². The van der Waals surface area contributed by atoms with Gasteiger partial charge in [0, 0.05) is 39.1 Å². The van der Waals surface area contributed by atoms with Crippen LogP contribution in [0.3, 0.4) is 0 Å². The number of halogens is 2. The van der Waals surface area contributed by atoms with Gasteiger partial charge in [-0.15, -0.1) is 24.8 Å². The molecule has 6 heteroatoms. The molecule has 26 heavy (non-hydrogen) atoms. The van der Waals surface area contributed by atoms with Crippen LogP contribution in [0.5, 0.6) is 0 Å². The molecule has 1 saturated heterocycles. The number of amides is 1. The first-order valence-corrected chi connectivity index (χ1v) is 8.89. The van der Waals surface area contributed by atoms with Gasteiger partial charge in [-0.25, -0.2) is 0 Å². The van der Waals surface area contributed by atoms with Gasteiger partial charge in [0.25, 0.3) is 0 Å². The fourth-order valence-corrected chi connectivity index (χ4v) is 3.40. The second-order valence-corrected chi connectivity index (χ2v) is 6.50. The molecule has 0 saturated carbocycles. The Labute approximate surface area is 168 Å². The topological polar surface area (TPSA) is 35.6 Å². The molecule has 0 aromatic heterocycles. The fourth-order valence-electron chi connectivity index (χ4n) is 3.40. The summed E-state index contributed by atoms with van der Waals surface area (Å²) in [5.41, 5.74) is 1.38. The van der Waals surface area contributed by atoms with Crippen LogP contribution in [0.4, 0.5) is 0 Å². The van der Waals surface area contributed by atoms with E-state index in [4.69, 9.17) is 0 Å².